The van der Waals surface area contributed by atoms with Crippen LogP contribution in [0.2, 0.25) is 0 Å². The molecule has 2 aliphatic carbocycles. The van der Waals surface area contributed by atoms with Gasteiger partial charge < -0.3 is 0 Å². The average Bonchev–Trinajstić information content (AvgIpc) is 3.71. The van der Waals surface area contributed by atoms with Crippen LogP contribution in [0, 0.1) is 17.2 Å². The van der Waals surface area contributed by atoms with E-state index in [1.165, 1.54) is 23.5 Å². The topological polar surface area (TPSA) is 82.7 Å². The lowest BCUT2D eigenvalue weighted by atomic mass is 9.59. The molecular weight excluding hydrogens is 570 g/mol. The third-order valence-electron chi connectivity index (χ3n) is 8.99. The molecule has 0 aliphatic heterocycles. The second-order valence-electron chi connectivity index (χ2n) is 12.8. The van der Waals surface area contributed by atoms with Gasteiger partial charge in [0.05, 0.1) is 34.1 Å². The molecule has 3 heterocycles. The largest absolute Gasteiger partial charge is 0.290 e. The number of rotatable bonds is 6. The van der Waals surface area contributed by atoms with Crippen molar-refractivity contribution in [3.05, 3.63) is 81.6 Å². The first-order valence-corrected chi connectivity index (χ1v) is 16.8. The summed E-state index contributed by atoms with van der Waals surface area (Å²) in [7, 11) is -0.852. The monoisotopic (exact) mass is 605 g/mol. The lowest BCUT2D eigenvalue weighted by Crippen LogP contribution is -2.45. The summed E-state index contributed by atoms with van der Waals surface area (Å²) >= 11 is 1.47. The number of halogens is 1. The summed E-state index contributed by atoms with van der Waals surface area (Å²) in [5.41, 5.74) is 2.75. The van der Waals surface area contributed by atoms with Gasteiger partial charge in [-0.15, -0.1) is 11.3 Å². The van der Waals surface area contributed by atoms with Crippen molar-refractivity contribution in [2.75, 3.05) is 0 Å². The van der Waals surface area contributed by atoms with Gasteiger partial charge in [-0.05, 0) is 78.8 Å². The number of hydrogen-bond acceptors (Lipinski definition) is 6. The van der Waals surface area contributed by atoms with E-state index in [4.69, 9.17) is 0 Å². The van der Waals surface area contributed by atoms with E-state index in [0.29, 0.717) is 29.2 Å². The molecule has 1 aromatic carbocycles. The molecule has 0 N–H and O–H groups in total. The molecule has 1 unspecified atom stereocenters. The zero-order valence-electron chi connectivity index (χ0n) is 24.6. The Hall–Kier alpha value is -3.37. The van der Waals surface area contributed by atoms with Crippen LogP contribution in [0.15, 0.2) is 59.5 Å². The first-order chi connectivity index (χ1) is 19.8. The van der Waals surface area contributed by atoms with Crippen molar-refractivity contribution in [1.29, 1.82) is 0 Å². The first-order valence-electron chi connectivity index (χ1n) is 14.2. The Morgan fingerprint density at radius 1 is 1.19 bits per heavy atom. The first kappa shape index (κ1) is 28.7. The van der Waals surface area contributed by atoms with Gasteiger partial charge >= 0.3 is 0 Å². The number of aryl methyl sites for hydroxylation is 1. The van der Waals surface area contributed by atoms with Crippen LogP contribution in [-0.2, 0) is 28.4 Å². The summed E-state index contributed by atoms with van der Waals surface area (Å²) in [6.45, 7) is 8.37. The minimum absolute atomic E-state index is 0.00653. The maximum atomic E-state index is 14.6. The summed E-state index contributed by atoms with van der Waals surface area (Å²) < 4.78 is 31.2. The molecule has 6 rings (SSSR count). The molecule has 0 bridgehead atoms. The fourth-order valence-corrected chi connectivity index (χ4v) is 9.22. The number of allylic oxidation sites excluding steroid dienone is 1. The van der Waals surface area contributed by atoms with Crippen LogP contribution in [-0.4, -0.2) is 45.7 Å². The van der Waals surface area contributed by atoms with Gasteiger partial charge in [0, 0.05) is 39.1 Å². The summed E-state index contributed by atoms with van der Waals surface area (Å²) in [5.74, 6) is 3.91. The van der Waals surface area contributed by atoms with Crippen LogP contribution in [0.4, 0.5) is 4.39 Å². The number of aromatic nitrogens is 5. The smallest absolute Gasteiger partial charge is 0.201 e. The van der Waals surface area contributed by atoms with Gasteiger partial charge in [0.25, 0.3) is 0 Å². The molecule has 2 aliphatic rings. The standard InChI is InChI=1S/C32H36FN5O2S2/c1-20(42(6,40)26-17-35-37(5)19-26)21-7-8-23-13-27-22(16-36-38(27)25-11-9-24(33)10-12-25)15-32(23,14-21)29(39)30-34-18-28(41-30)31(2,3)4/h9-13,16-21H,6-8,14-15H2,1-5H3/t20-,21+,32-,42?/m1/s1. The van der Waals surface area contributed by atoms with Crippen LogP contribution in [0.5, 0.6) is 0 Å². The van der Waals surface area contributed by atoms with Crippen molar-refractivity contribution in [3.8, 4) is 5.69 Å². The minimum Gasteiger partial charge on any atom is -0.290 e. The maximum Gasteiger partial charge on any atom is 0.201 e. The number of Topliss-reactive ketones (excluding diaryl/α,β-unsaturated/α-hetero) is 1. The molecule has 0 radical (unpaired) electrons. The van der Waals surface area contributed by atoms with Gasteiger partial charge in [0.1, 0.15) is 5.82 Å². The predicted molar refractivity (Wildman–Crippen MR) is 166 cm³/mol. The highest BCUT2D eigenvalue weighted by Crippen LogP contribution is 2.53. The van der Waals surface area contributed by atoms with Crippen molar-refractivity contribution < 1.29 is 13.4 Å². The molecule has 0 spiro atoms. The molecular formula is C32H36FN5O2S2. The predicted octanol–water partition coefficient (Wildman–Crippen LogP) is 6.27. The molecule has 3 aromatic heterocycles. The van der Waals surface area contributed by atoms with E-state index in [1.807, 2.05) is 24.0 Å². The Kier molecular flexibility index (Phi) is 6.92. The Morgan fingerprint density at radius 2 is 1.93 bits per heavy atom. The van der Waals surface area contributed by atoms with E-state index < -0.39 is 14.9 Å². The van der Waals surface area contributed by atoms with Crippen molar-refractivity contribution in [3.63, 3.8) is 0 Å². The number of nitrogens with zero attached hydrogens (tertiary/aromatic N) is 5. The Labute approximate surface area is 250 Å². The van der Waals surface area contributed by atoms with Crippen LogP contribution in [0.3, 0.4) is 0 Å². The molecule has 0 saturated heterocycles. The van der Waals surface area contributed by atoms with Crippen LogP contribution >= 0.6 is 11.3 Å². The average molecular weight is 606 g/mol. The third-order valence-corrected chi connectivity index (χ3v) is 13.0. The van der Waals surface area contributed by atoms with Crippen LogP contribution in [0.1, 0.15) is 72.9 Å². The molecule has 1 fully saturated rings. The van der Waals surface area contributed by atoms with Gasteiger partial charge in [-0.25, -0.2) is 14.1 Å². The second kappa shape index (κ2) is 10.1. The van der Waals surface area contributed by atoms with Crippen molar-refractivity contribution in [2.24, 2.45) is 18.4 Å². The molecule has 4 atom stereocenters. The van der Waals surface area contributed by atoms with Gasteiger partial charge in [-0.2, -0.15) is 10.2 Å². The Bertz CT molecular complexity index is 1810. The lowest BCUT2D eigenvalue weighted by molar-refractivity contribution is 0.0759. The van der Waals surface area contributed by atoms with Gasteiger partial charge in [-0.1, -0.05) is 33.3 Å². The summed E-state index contributed by atoms with van der Waals surface area (Å²) in [6.07, 6.45) is 11.7. The third kappa shape index (κ3) is 4.78. The fraction of sp³-hybridized carbons (Fsp3) is 0.406. The van der Waals surface area contributed by atoms with E-state index in [0.717, 1.165) is 33.8 Å². The van der Waals surface area contributed by atoms with Crippen molar-refractivity contribution >= 4 is 38.6 Å². The number of hydrogen-bond donors (Lipinski definition) is 0. The van der Waals surface area contributed by atoms with E-state index in [2.05, 4.69) is 47.9 Å². The highest BCUT2D eigenvalue weighted by molar-refractivity contribution is 8.00. The highest BCUT2D eigenvalue weighted by Gasteiger charge is 2.51. The number of carbonyl (C=O) groups excluding carboxylic acids is 1. The van der Waals surface area contributed by atoms with Crippen LogP contribution < -0.4 is 0 Å². The Balaban J connectivity index is 1.42. The molecule has 220 valence electrons. The summed E-state index contributed by atoms with van der Waals surface area (Å²) in [4.78, 5) is 21.0. The number of ketones is 1. The normalized spacial score (nSPS) is 22.5. The van der Waals surface area contributed by atoms with E-state index >= 15 is 0 Å². The van der Waals surface area contributed by atoms with Crippen LogP contribution in [0.25, 0.3) is 11.8 Å². The number of fused-ring (bicyclic) bond motifs is 2. The second-order valence-corrected chi connectivity index (χ2v) is 16.5. The molecule has 1 saturated carbocycles. The van der Waals surface area contributed by atoms with Crippen molar-refractivity contribution in [1.82, 2.24) is 24.5 Å². The zero-order valence-corrected chi connectivity index (χ0v) is 26.3. The van der Waals surface area contributed by atoms with E-state index in [9.17, 15) is 13.4 Å². The minimum atomic E-state index is -2.66. The fourth-order valence-electron chi connectivity index (χ4n) is 6.37. The van der Waals surface area contributed by atoms with Crippen molar-refractivity contribution in [2.45, 2.75) is 68.9 Å². The van der Waals surface area contributed by atoms with E-state index in [1.54, 1.807) is 36.3 Å². The number of benzene rings is 1. The number of thiazole rings is 1. The number of carbonyl (C=O) groups is 1. The Morgan fingerprint density at radius 3 is 2.57 bits per heavy atom. The molecule has 4 aromatic rings. The lowest BCUT2D eigenvalue weighted by Gasteiger charge is -2.45. The molecule has 10 heteroatoms. The highest BCUT2D eigenvalue weighted by atomic mass is 32.2. The quantitative estimate of drug-likeness (QED) is 0.191. The van der Waals surface area contributed by atoms with E-state index in [-0.39, 0.29) is 28.2 Å². The van der Waals surface area contributed by atoms with Gasteiger partial charge in [0.15, 0.2) is 5.01 Å². The molecule has 42 heavy (non-hydrogen) atoms. The zero-order chi connectivity index (χ0) is 30.0. The summed E-state index contributed by atoms with van der Waals surface area (Å²) in [6, 6.07) is 6.26. The van der Waals surface area contributed by atoms with Gasteiger partial charge in [0.2, 0.25) is 5.78 Å². The summed E-state index contributed by atoms with van der Waals surface area (Å²) in [5, 5.41) is 9.14. The SMILES string of the molecule is C=S(=O)(c1cnn(C)c1)[C@H](C)[C@H]1CCC2=Cc3c(cnn3-c3ccc(F)cc3)C[C@]2(C(=O)c2ncc(C(C)(C)C)s2)C1. The molecule has 0 amide bonds. The molecule has 7 nitrogen and oxygen atoms in total. The maximum absolute atomic E-state index is 14.6. The van der Waals surface area contributed by atoms with Gasteiger partial charge in [-0.3, -0.25) is 13.7 Å².